The third-order valence-corrected chi connectivity index (χ3v) is 4.43. The van der Waals surface area contributed by atoms with Crippen molar-refractivity contribution in [2.24, 2.45) is 5.84 Å². The maximum absolute atomic E-state index is 11.9. The molecule has 1 aliphatic rings. The minimum Gasteiger partial charge on any atom is -0.289 e. The van der Waals surface area contributed by atoms with Crippen molar-refractivity contribution in [3.63, 3.8) is 0 Å². The Hall–Kier alpha value is -1.73. The second-order valence-electron chi connectivity index (χ2n) is 4.75. The van der Waals surface area contributed by atoms with Crippen molar-refractivity contribution in [1.82, 2.24) is 10.3 Å². The van der Waals surface area contributed by atoms with Crippen molar-refractivity contribution in [2.45, 2.75) is 39.2 Å². The Morgan fingerprint density at radius 1 is 1.35 bits per heavy atom. The van der Waals surface area contributed by atoms with Gasteiger partial charge >= 0.3 is 0 Å². The summed E-state index contributed by atoms with van der Waals surface area (Å²) in [4.78, 5) is 38.1. The minimum absolute atomic E-state index is 0.136. The normalized spacial score (nSPS) is 16.2. The maximum Gasteiger partial charge on any atom is 0.275 e. The highest BCUT2D eigenvalue weighted by Crippen LogP contribution is 2.24. The molecule has 1 saturated heterocycles. The first-order valence-corrected chi connectivity index (χ1v) is 7.28. The smallest absolute Gasteiger partial charge is 0.275 e. The molecule has 0 radical (unpaired) electrons. The Bertz CT molecular complexity index is 535. The minimum atomic E-state index is -0.363. The summed E-state index contributed by atoms with van der Waals surface area (Å²) in [5.41, 5.74) is 2.89. The second-order valence-corrected chi connectivity index (χ2v) is 6.00. The van der Waals surface area contributed by atoms with Gasteiger partial charge in [-0.2, -0.15) is 0 Å². The summed E-state index contributed by atoms with van der Waals surface area (Å²) in [5, 5.41) is 0. The fourth-order valence-electron chi connectivity index (χ4n) is 2.17. The molecule has 1 aromatic heterocycles. The van der Waals surface area contributed by atoms with E-state index in [0.717, 1.165) is 23.3 Å². The van der Waals surface area contributed by atoms with Crippen molar-refractivity contribution < 1.29 is 14.4 Å². The topological polar surface area (TPSA) is 92.5 Å². The van der Waals surface area contributed by atoms with Gasteiger partial charge in [0.05, 0.1) is 11.4 Å². The summed E-state index contributed by atoms with van der Waals surface area (Å²) in [6.45, 7) is 2.10. The summed E-state index contributed by atoms with van der Waals surface area (Å²) in [5.74, 6) is 4.47. The lowest BCUT2D eigenvalue weighted by molar-refractivity contribution is -0.144. The lowest BCUT2D eigenvalue weighted by Gasteiger charge is -2.18. The SMILES string of the molecule is Cc1sc(C(=O)NN)cc1CN1C(=O)CCCCC1=O. The van der Waals surface area contributed by atoms with E-state index in [1.807, 2.05) is 6.92 Å². The molecule has 1 aromatic rings. The van der Waals surface area contributed by atoms with Crippen LogP contribution in [0.15, 0.2) is 6.07 Å². The number of carbonyl (C=O) groups is 3. The average molecular weight is 295 g/mol. The highest BCUT2D eigenvalue weighted by atomic mass is 32.1. The molecule has 0 aromatic carbocycles. The molecular weight excluding hydrogens is 278 g/mol. The second kappa shape index (κ2) is 6.15. The quantitative estimate of drug-likeness (QED) is 0.378. The molecule has 3 N–H and O–H groups in total. The molecule has 6 nitrogen and oxygen atoms in total. The number of hydrogen-bond acceptors (Lipinski definition) is 5. The van der Waals surface area contributed by atoms with Crippen molar-refractivity contribution in [2.75, 3.05) is 0 Å². The molecule has 20 heavy (non-hydrogen) atoms. The molecular formula is C13H17N3O3S. The molecule has 0 spiro atoms. The van der Waals surface area contributed by atoms with Gasteiger partial charge in [-0.15, -0.1) is 11.3 Å². The number of nitrogens with two attached hydrogens (primary N) is 1. The summed E-state index contributed by atoms with van der Waals surface area (Å²) < 4.78 is 0. The van der Waals surface area contributed by atoms with Gasteiger partial charge in [0, 0.05) is 17.7 Å². The number of hydrogen-bond donors (Lipinski definition) is 2. The molecule has 1 fully saturated rings. The van der Waals surface area contributed by atoms with Gasteiger partial charge in [0.25, 0.3) is 5.91 Å². The van der Waals surface area contributed by atoms with Crippen LogP contribution in [0.25, 0.3) is 0 Å². The fourth-order valence-corrected chi connectivity index (χ4v) is 3.11. The van der Waals surface area contributed by atoms with Crippen molar-refractivity contribution in [1.29, 1.82) is 0 Å². The number of hydrazine groups is 1. The molecule has 3 amide bonds. The zero-order chi connectivity index (χ0) is 14.7. The highest BCUT2D eigenvalue weighted by Gasteiger charge is 2.25. The van der Waals surface area contributed by atoms with E-state index in [4.69, 9.17) is 5.84 Å². The predicted molar refractivity (Wildman–Crippen MR) is 74.7 cm³/mol. The van der Waals surface area contributed by atoms with Gasteiger partial charge in [-0.25, -0.2) is 5.84 Å². The van der Waals surface area contributed by atoms with Gasteiger partial charge in [-0.1, -0.05) is 0 Å². The number of aryl methyl sites for hydroxylation is 1. The zero-order valence-corrected chi connectivity index (χ0v) is 12.1. The number of nitrogen functional groups attached to an aromatic ring is 1. The van der Waals surface area contributed by atoms with Crippen molar-refractivity contribution in [3.8, 4) is 0 Å². The molecule has 0 bridgehead atoms. The van der Waals surface area contributed by atoms with E-state index in [0.29, 0.717) is 17.7 Å². The molecule has 108 valence electrons. The number of thiophene rings is 1. The Morgan fingerprint density at radius 2 is 1.95 bits per heavy atom. The van der Waals surface area contributed by atoms with Crippen molar-refractivity contribution >= 4 is 29.1 Å². The molecule has 0 atom stereocenters. The van der Waals surface area contributed by atoms with Crippen LogP contribution < -0.4 is 11.3 Å². The van der Waals surface area contributed by atoms with Gasteiger partial charge in [0.2, 0.25) is 11.8 Å². The summed E-state index contributed by atoms with van der Waals surface area (Å²) in [7, 11) is 0. The Morgan fingerprint density at radius 3 is 2.50 bits per heavy atom. The number of rotatable bonds is 3. The third-order valence-electron chi connectivity index (χ3n) is 3.34. The van der Waals surface area contributed by atoms with E-state index in [1.54, 1.807) is 6.07 Å². The summed E-state index contributed by atoms with van der Waals surface area (Å²) >= 11 is 1.30. The average Bonchev–Trinajstić information content (AvgIpc) is 2.72. The van der Waals surface area contributed by atoms with Gasteiger partial charge in [-0.3, -0.25) is 24.7 Å². The first-order chi connectivity index (χ1) is 9.52. The van der Waals surface area contributed by atoms with Crippen LogP contribution in [0.2, 0.25) is 0 Å². The van der Waals surface area contributed by atoms with E-state index in [-0.39, 0.29) is 24.3 Å². The van der Waals surface area contributed by atoms with Crippen LogP contribution >= 0.6 is 11.3 Å². The first kappa shape index (κ1) is 14.7. The summed E-state index contributed by atoms with van der Waals surface area (Å²) in [6.07, 6.45) is 2.32. The number of carbonyl (C=O) groups excluding carboxylic acids is 3. The Kier molecular flexibility index (Phi) is 4.51. The van der Waals surface area contributed by atoms with Gasteiger partial charge in [0.1, 0.15) is 0 Å². The molecule has 0 aliphatic carbocycles. The Labute approximate surface area is 120 Å². The monoisotopic (exact) mass is 295 g/mol. The molecule has 0 unspecified atom stereocenters. The van der Waals surface area contributed by atoms with E-state index >= 15 is 0 Å². The third kappa shape index (κ3) is 3.05. The summed E-state index contributed by atoms with van der Waals surface area (Å²) in [6, 6.07) is 1.69. The van der Waals surface area contributed by atoms with Crippen LogP contribution in [-0.2, 0) is 16.1 Å². The van der Waals surface area contributed by atoms with Crippen LogP contribution in [0.5, 0.6) is 0 Å². The van der Waals surface area contributed by atoms with Crippen LogP contribution in [0.3, 0.4) is 0 Å². The fraction of sp³-hybridized carbons (Fsp3) is 0.462. The van der Waals surface area contributed by atoms with Gasteiger partial charge < -0.3 is 0 Å². The standard InChI is InChI=1S/C13H17N3O3S/c1-8-9(6-10(20-8)13(19)15-14)7-16-11(17)4-2-3-5-12(16)18/h6H,2-5,7,14H2,1H3,(H,15,19). The Balaban J connectivity index is 2.20. The van der Waals surface area contributed by atoms with E-state index in [2.05, 4.69) is 5.43 Å². The van der Waals surface area contributed by atoms with Crippen molar-refractivity contribution in [3.05, 3.63) is 21.4 Å². The van der Waals surface area contributed by atoms with Crippen LogP contribution in [0.4, 0.5) is 0 Å². The van der Waals surface area contributed by atoms with Crippen LogP contribution in [0.1, 0.15) is 45.8 Å². The number of amides is 3. The maximum atomic E-state index is 11.9. The van der Waals surface area contributed by atoms with Gasteiger partial charge in [-0.05, 0) is 31.4 Å². The lowest BCUT2D eigenvalue weighted by atomic mass is 10.2. The largest absolute Gasteiger partial charge is 0.289 e. The lowest BCUT2D eigenvalue weighted by Crippen LogP contribution is -2.34. The van der Waals surface area contributed by atoms with E-state index in [9.17, 15) is 14.4 Å². The molecule has 2 rings (SSSR count). The van der Waals surface area contributed by atoms with E-state index in [1.165, 1.54) is 16.2 Å². The number of imide groups is 1. The number of likely N-dealkylation sites (tertiary alicyclic amines) is 1. The van der Waals surface area contributed by atoms with Crippen LogP contribution in [0, 0.1) is 6.92 Å². The first-order valence-electron chi connectivity index (χ1n) is 6.46. The van der Waals surface area contributed by atoms with Crippen LogP contribution in [-0.4, -0.2) is 22.6 Å². The molecule has 2 heterocycles. The predicted octanol–water partition coefficient (Wildman–Crippen LogP) is 1.09. The molecule has 1 aliphatic heterocycles. The number of nitrogens with zero attached hydrogens (tertiary/aromatic N) is 1. The zero-order valence-electron chi connectivity index (χ0n) is 11.3. The van der Waals surface area contributed by atoms with E-state index < -0.39 is 0 Å². The highest BCUT2D eigenvalue weighted by molar-refractivity contribution is 7.14. The van der Waals surface area contributed by atoms with Gasteiger partial charge in [0.15, 0.2) is 0 Å². The number of nitrogens with one attached hydrogen (secondary N) is 1. The molecule has 7 heteroatoms. The molecule has 0 saturated carbocycles.